The van der Waals surface area contributed by atoms with E-state index in [1.807, 2.05) is 0 Å². The Morgan fingerprint density at radius 2 is 2.19 bits per heavy atom. The largest absolute Gasteiger partial charge is 0.390 e. The normalized spacial score (nSPS) is 12.7. The molecule has 0 aliphatic heterocycles. The topological polar surface area (TPSA) is 77.0 Å². The van der Waals surface area contributed by atoms with Gasteiger partial charge in [0.25, 0.3) is 0 Å². The monoisotopic (exact) mass is 238 g/mol. The Hall–Kier alpha value is -1.56. The van der Waals surface area contributed by atoms with Crippen LogP contribution in [0.15, 0.2) is 10.5 Å². The van der Waals surface area contributed by atoms with Crippen molar-refractivity contribution in [3.63, 3.8) is 0 Å². The number of nitrogens with two attached hydrogens (primary N) is 1. The number of hydrogen-bond donors (Lipinski definition) is 2. The quantitative estimate of drug-likeness (QED) is 0.859. The maximum Gasteiger partial charge on any atom is 0.317 e. The molecule has 0 amide bonds. The van der Waals surface area contributed by atoms with Gasteiger partial charge in [-0.15, -0.1) is 11.3 Å². The summed E-state index contributed by atoms with van der Waals surface area (Å²) in [6, 6.07) is 2.73. The van der Waals surface area contributed by atoms with Gasteiger partial charge in [-0.05, 0) is 32.4 Å². The number of anilines is 2. The van der Waals surface area contributed by atoms with Crippen molar-refractivity contribution in [1.29, 1.82) is 0 Å². The maximum atomic E-state index is 5.35. The van der Waals surface area contributed by atoms with Crippen LogP contribution in [0.4, 0.5) is 12.0 Å². The molecule has 0 aromatic carbocycles. The smallest absolute Gasteiger partial charge is 0.317 e. The van der Waals surface area contributed by atoms with E-state index in [-0.39, 0.29) is 12.1 Å². The molecule has 2 aromatic heterocycles. The van der Waals surface area contributed by atoms with Gasteiger partial charge in [0.1, 0.15) is 0 Å². The number of aromatic nitrogens is 2. The number of hydrogen-bond acceptors (Lipinski definition) is 6. The molecule has 0 spiro atoms. The van der Waals surface area contributed by atoms with Gasteiger partial charge in [-0.3, -0.25) is 0 Å². The Bertz CT molecular complexity index is 491. The zero-order valence-corrected chi connectivity index (χ0v) is 10.3. The van der Waals surface area contributed by atoms with Crippen LogP contribution in [-0.2, 0) is 0 Å². The summed E-state index contributed by atoms with van der Waals surface area (Å²) in [5, 5.41) is 10.5. The molecular weight excluding hydrogens is 224 g/mol. The molecule has 2 heterocycles. The van der Waals surface area contributed by atoms with E-state index < -0.39 is 0 Å². The fourth-order valence-corrected chi connectivity index (χ4v) is 2.66. The van der Waals surface area contributed by atoms with Gasteiger partial charge in [-0.1, -0.05) is 10.2 Å². The van der Waals surface area contributed by atoms with Crippen molar-refractivity contribution in [1.82, 2.24) is 10.2 Å². The van der Waals surface area contributed by atoms with Crippen LogP contribution in [0.25, 0.3) is 0 Å². The van der Waals surface area contributed by atoms with E-state index in [9.17, 15) is 0 Å². The van der Waals surface area contributed by atoms with E-state index in [0.717, 1.165) is 0 Å². The fourth-order valence-electron chi connectivity index (χ4n) is 1.64. The van der Waals surface area contributed by atoms with Crippen LogP contribution in [0.2, 0.25) is 0 Å². The third-order valence-corrected chi connectivity index (χ3v) is 3.31. The first-order chi connectivity index (χ1) is 7.56. The zero-order chi connectivity index (χ0) is 11.7. The molecule has 16 heavy (non-hydrogen) atoms. The number of thiophene rings is 1. The molecule has 6 heteroatoms. The minimum atomic E-state index is 0.0768. The summed E-state index contributed by atoms with van der Waals surface area (Å²) in [4.78, 5) is 2.59. The highest BCUT2D eigenvalue weighted by Gasteiger charge is 2.13. The summed E-state index contributed by atoms with van der Waals surface area (Å²) in [6.45, 7) is 6.25. The van der Waals surface area contributed by atoms with Gasteiger partial charge >= 0.3 is 12.0 Å². The second-order valence-corrected chi connectivity index (χ2v) is 5.14. The average molecular weight is 238 g/mol. The summed E-state index contributed by atoms with van der Waals surface area (Å²) < 4.78 is 5.07. The summed E-state index contributed by atoms with van der Waals surface area (Å²) >= 11 is 1.78. The molecule has 3 N–H and O–H groups in total. The number of nitrogens with zero attached hydrogens (tertiary/aromatic N) is 2. The zero-order valence-electron chi connectivity index (χ0n) is 9.44. The van der Waals surface area contributed by atoms with Crippen molar-refractivity contribution in [2.45, 2.75) is 26.8 Å². The van der Waals surface area contributed by atoms with E-state index >= 15 is 0 Å². The molecule has 2 rings (SSSR count). The molecule has 0 radical (unpaired) electrons. The van der Waals surface area contributed by atoms with Crippen LogP contribution in [0, 0.1) is 13.8 Å². The summed E-state index contributed by atoms with van der Waals surface area (Å²) in [5.41, 5.74) is 6.60. The molecule has 86 valence electrons. The molecular formula is C10H14N4OS. The van der Waals surface area contributed by atoms with E-state index in [0.29, 0.717) is 6.01 Å². The first-order valence-corrected chi connectivity index (χ1v) is 5.80. The van der Waals surface area contributed by atoms with Crippen LogP contribution in [0.1, 0.15) is 28.3 Å². The lowest BCUT2D eigenvalue weighted by Gasteiger charge is -2.11. The Morgan fingerprint density at radius 3 is 2.69 bits per heavy atom. The number of aryl methyl sites for hydroxylation is 2. The summed E-state index contributed by atoms with van der Waals surface area (Å²) in [5.74, 6) is 0. The van der Waals surface area contributed by atoms with Gasteiger partial charge in [-0.2, -0.15) is 0 Å². The molecule has 1 unspecified atom stereocenters. The molecule has 0 fully saturated rings. The maximum absolute atomic E-state index is 5.35. The molecule has 0 aliphatic rings. The minimum Gasteiger partial charge on any atom is -0.390 e. The van der Waals surface area contributed by atoms with E-state index in [1.165, 1.54) is 15.3 Å². The van der Waals surface area contributed by atoms with Crippen LogP contribution < -0.4 is 11.1 Å². The second kappa shape index (κ2) is 4.13. The lowest BCUT2D eigenvalue weighted by atomic mass is 10.1. The molecule has 0 saturated heterocycles. The molecule has 1 atom stereocenters. The summed E-state index contributed by atoms with van der Waals surface area (Å²) in [7, 11) is 0. The van der Waals surface area contributed by atoms with Gasteiger partial charge in [0.15, 0.2) is 0 Å². The van der Waals surface area contributed by atoms with E-state index in [4.69, 9.17) is 10.2 Å². The highest BCUT2D eigenvalue weighted by atomic mass is 32.1. The van der Waals surface area contributed by atoms with Gasteiger partial charge < -0.3 is 15.5 Å². The fraction of sp³-hybridized carbons (Fsp3) is 0.400. The SMILES string of the molecule is Cc1cc(C(C)Nc2nnc(N)o2)c(C)s1. The van der Waals surface area contributed by atoms with Gasteiger partial charge in [-0.25, -0.2) is 0 Å². The molecule has 0 bridgehead atoms. The Kier molecular flexibility index (Phi) is 2.82. The lowest BCUT2D eigenvalue weighted by molar-refractivity contribution is 0.578. The van der Waals surface area contributed by atoms with Crippen LogP contribution in [0.5, 0.6) is 0 Å². The third-order valence-electron chi connectivity index (χ3n) is 2.33. The molecule has 2 aromatic rings. The Labute approximate surface area is 97.7 Å². The van der Waals surface area contributed by atoms with Crippen LogP contribution in [-0.4, -0.2) is 10.2 Å². The van der Waals surface area contributed by atoms with Crippen molar-refractivity contribution < 1.29 is 4.42 Å². The Balaban J connectivity index is 2.14. The first-order valence-electron chi connectivity index (χ1n) is 4.98. The predicted molar refractivity (Wildman–Crippen MR) is 64.5 cm³/mol. The predicted octanol–water partition coefficient (Wildman–Crippen LogP) is 2.50. The molecule has 5 nitrogen and oxygen atoms in total. The number of nitrogens with one attached hydrogen (secondary N) is 1. The van der Waals surface area contributed by atoms with E-state index in [2.05, 4.69) is 42.4 Å². The first kappa shape index (κ1) is 10.9. The van der Waals surface area contributed by atoms with Crippen LogP contribution in [0.3, 0.4) is 0 Å². The highest BCUT2D eigenvalue weighted by Crippen LogP contribution is 2.28. The van der Waals surface area contributed by atoms with Gasteiger partial charge in [0, 0.05) is 9.75 Å². The van der Waals surface area contributed by atoms with Gasteiger partial charge in [0.05, 0.1) is 6.04 Å². The molecule has 0 saturated carbocycles. The third kappa shape index (κ3) is 2.16. The molecule has 0 aliphatic carbocycles. The Morgan fingerprint density at radius 1 is 1.44 bits per heavy atom. The minimum absolute atomic E-state index is 0.0768. The number of rotatable bonds is 3. The van der Waals surface area contributed by atoms with Crippen molar-refractivity contribution in [3.05, 3.63) is 21.4 Å². The number of nitrogen functional groups attached to an aromatic ring is 1. The van der Waals surface area contributed by atoms with E-state index in [1.54, 1.807) is 11.3 Å². The average Bonchev–Trinajstić information content (AvgIpc) is 2.73. The van der Waals surface area contributed by atoms with Crippen molar-refractivity contribution in [2.75, 3.05) is 11.1 Å². The second-order valence-electron chi connectivity index (χ2n) is 3.68. The lowest BCUT2D eigenvalue weighted by Crippen LogP contribution is -2.06. The van der Waals surface area contributed by atoms with Crippen molar-refractivity contribution >= 4 is 23.4 Å². The van der Waals surface area contributed by atoms with Crippen molar-refractivity contribution in [2.24, 2.45) is 0 Å². The standard InChI is InChI=1S/C10H14N4OS/c1-5-4-8(7(3)16-5)6(2)12-10-14-13-9(11)15-10/h4,6H,1-3H3,(H2,11,13)(H,12,14). The highest BCUT2D eigenvalue weighted by molar-refractivity contribution is 7.12. The van der Waals surface area contributed by atoms with Crippen LogP contribution >= 0.6 is 11.3 Å². The van der Waals surface area contributed by atoms with Gasteiger partial charge in [0.2, 0.25) is 0 Å². The summed E-state index contributed by atoms with van der Waals surface area (Å²) in [6.07, 6.45) is 0. The van der Waals surface area contributed by atoms with Crippen molar-refractivity contribution in [3.8, 4) is 0 Å².